The molecule has 2 aromatic rings. The summed E-state index contributed by atoms with van der Waals surface area (Å²) in [5.41, 5.74) is 2.83. The Morgan fingerprint density at radius 2 is 1.91 bits per heavy atom. The lowest BCUT2D eigenvalue weighted by atomic mass is 10.0. The number of hydrogen-bond donors (Lipinski definition) is 1. The summed E-state index contributed by atoms with van der Waals surface area (Å²) >= 11 is 0. The standard InChI is InChI=1S/C17H19NO3S/c1-12-7-8-17(13(2)9-12)22(19,20)18-15-10-14-5-3-4-6-16(14)21-11-15/h3-9,15,18H,10-11H2,1-2H3/t15-/m1/s1. The highest BCUT2D eigenvalue weighted by atomic mass is 32.2. The van der Waals surface area contributed by atoms with Crippen LogP contribution in [0.2, 0.25) is 0 Å². The van der Waals surface area contributed by atoms with Crippen molar-refractivity contribution in [3.63, 3.8) is 0 Å². The molecule has 22 heavy (non-hydrogen) atoms. The van der Waals surface area contributed by atoms with Gasteiger partial charge in [-0.3, -0.25) is 0 Å². The third-order valence-corrected chi connectivity index (χ3v) is 5.50. The molecule has 0 radical (unpaired) electrons. The Balaban J connectivity index is 1.81. The molecule has 1 atom stereocenters. The first kappa shape index (κ1) is 15.1. The first-order valence-electron chi connectivity index (χ1n) is 7.26. The normalized spacial score (nSPS) is 17.6. The van der Waals surface area contributed by atoms with Gasteiger partial charge in [0.25, 0.3) is 0 Å². The molecule has 3 rings (SSSR count). The quantitative estimate of drug-likeness (QED) is 0.946. The lowest BCUT2D eigenvalue weighted by Gasteiger charge is -2.26. The van der Waals surface area contributed by atoms with E-state index < -0.39 is 10.0 Å². The molecule has 0 unspecified atom stereocenters. The lowest BCUT2D eigenvalue weighted by molar-refractivity contribution is 0.254. The van der Waals surface area contributed by atoms with Gasteiger partial charge in [-0.1, -0.05) is 35.9 Å². The zero-order chi connectivity index (χ0) is 15.7. The molecule has 1 aliphatic rings. The van der Waals surface area contributed by atoms with Crippen molar-refractivity contribution < 1.29 is 13.2 Å². The monoisotopic (exact) mass is 317 g/mol. The van der Waals surface area contributed by atoms with Crippen molar-refractivity contribution in [1.82, 2.24) is 4.72 Å². The fraction of sp³-hybridized carbons (Fsp3) is 0.294. The number of rotatable bonds is 3. The molecular weight excluding hydrogens is 298 g/mol. The number of fused-ring (bicyclic) bond motifs is 1. The topological polar surface area (TPSA) is 55.4 Å². The molecule has 0 bridgehead atoms. The van der Waals surface area contributed by atoms with Crippen molar-refractivity contribution >= 4 is 10.0 Å². The van der Waals surface area contributed by atoms with E-state index in [9.17, 15) is 8.42 Å². The highest BCUT2D eigenvalue weighted by Gasteiger charge is 2.26. The molecule has 0 aliphatic carbocycles. The van der Waals surface area contributed by atoms with E-state index in [1.807, 2.05) is 50.2 Å². The van der Waals surface area contributed by atoms with Crippen LogP contribution in [-0.4, -0.2) is 21.1 Å². The third-order valence-electron chi connectivity index (χ3n) is 3.82. The van der Waals surface area contributed by atoms with Gasteiger partial charge in [-0.05, 0) is 43.5 Å². The van der Waals surface area contributed by atoms with Gasteiger partial charge in [-0.2, -0.15) is 0 Å². The predicted molar refractivity (Wildman–Crippen MR) is 85.7 cm³/mol. The van der Waals surface area contributed by atoms with Gasteiger partial charge in [0.2, 0.25) is 10.0 Å². The smallest absolute Gasteiger partial charge is 0.241 e. The summed E-state index contributed by atoms with van der Waals surface area (Å²) in [7, 11) is -3.54. The van der Waals surface area contributed by atoms with Crippen LogP contribution in [0.5, 0.6) is 5.75 Å². The summed E-state index contributed by atoms with van der Waals surface area (Å²) < 4.78 is 33.6. The Morgan fingerprint density at radius 1 is 1.14 bits per heavy atom. The van der Waals surface area contributed by atoms with Gasteiger partial charge in [-0.15, -0.1) is 0 Å². The van der Waals surface area contributed by atoms with Gasteiger partial charge < -0.3 is 4.74 Å². The molecule has 1 N–H and O–H groups in total. The molecule has 0 saturated heterocycles. The zero-order valence-corrected chi connectivity index (χ0v) is 13.5. The molecule has 4 nitrogen and oxygen atoms in total. The Kier molecular flexibility index (Phi) is 3.93. The molecule has 0 saturated carbocycles. The van der Waals surface area contributed by atoms with Crippen LogP contribution >= 0.6 is 0 Å². The van der Waals surface area contributed by atoms with Crippen molar-refractivity contribution in [3.8, 4) is 5.75 Å². The fourth-order valence-electron chi connectivity index (χ4n) is 2.79. The second kappa shape index (κ2) is 5.74. The lowest BCUT2D eigenvalue weighted by Crippen LogP contribution is -2.42. The van der Waals surface area contributed by atoms with E-state index in [4.69, 9.17) is 4.74 Å². The van der Waals surface area contributed by atoms with Gasteiger partial charge in [0, 0.05) is 0 Å². The van der Waals surface area contributed by atoms with Crippen LogP contribution < -0.4 is 9.46 Å². The molecule has 0 fully saturated rings. The summed E-state index contributed by atoms with van der Waals surface area (Å²) in [6.07, 6.45) is 0.639. The molecule has 0 amide bonds. The highest BCUT2D eigenvalue weighted by molar-refractivity contribution is 7.89. The summed E-state index contributed by atoms with van der Waals surface area (Å²) in [6.45, 7) is 4.11. The summed E-state index contributed by atoms with van der Waals surface area (Å²) in [5.74, 6) is 0.837. The van der Waals surface area contributed by atoms with Crippen molar-refractivity contribution in [3.05, 3.63) is 59.2 Å². The van der Waals surface area contributed by atoms with Crippen LogP contribution in [0.15, 0.2) is 47.4 Å². The van der Waals surface area contributed by atoms with E-state index in [-0.39, 0.29) is 6.04 Å². The van der Waals surface area contributed by atoms with Crippen LogP contribution in [0.1, 0.15) is 16.7 Å². The van der Waals surface area contributed by atoms with E-state index in [1.54, 1.807) is 6.07 Å². The maximum Gasteiger partial charge on any atom is 0.241 e. The van der Waals surface area contributed by atoms with Crippen LogP contribution in [0, 0.1) is 13.8 Å². The van der Waals surface area contributed by atoms with E-state index in [0.717, 1.165) is 22.4 Å². The number of aryl methyl sites for hydroxylation is 2. The van der Waals surface area contributed by atoms with Crippen LogP contribution in [0.25, 0.3) is 0 Å². The van der Waals surface area contributed by atoms with Crippen molar-refractivity contribution in [2.24, 2.45) is 0 Å². The molecule has 1 heterocycles. The number of sulfonamides is 1. The number of para-hydroxylation sites is 1. The number of hydrogen-bond acceptors (Lipinski definition) is 3. The average molecular weight is 317 g/mol. The summed E-state index contributed by atoms with van der Waals surface area (Å²) in [6, 6.07) is 12.8. The average Bonchev–Trinajstić information content (AvgIpc) is 2.46. The minimum absolute atomic E-state index is 0.249. The van der Waals surface area contributed by atoms with E-state index in [2.05, 4.69) is 4.72 Å². The van der Waals surface area contributed by atoms with E-state index in [1.165, 1.54) is 0 Å². The molecule has 0 spiro atoms. The number of ether oxygens (including phenoxy) is 1. The maximum atomic E-state index is 12.6. The predicted octanol–water partition coefficient (Wildman–Crippen LogP) is 2.59. The first-order valence-corrected chi connectivity index (χ1v) is 8.74. The van der Waals surface area contributed by atoms with Gasteiger partial charge in [0.15, 0.2) is 0 Å². The zero-order valence-electron chi connectivity index (χ0n) is 12.7. The van der Waals surface area contributed by atoms with E-state index >= 15 is 0 Å². The van der Waals surface area contributed by atoms with Crippen molar-refractivity contribution in [2.75, 3.05) is 6.61 Å². The SMILES string of the molecule is Cc1ccc(S(=O)(=O)N[C@H]2COc3ccccc3C2)c(C)c1. The second-order valence-corrected chi connectivity index (χ2v) is 7.39. The highest BCUT2D eigenvalue weighted by Crippen LogP contribution is 2.25. The molecule has 1 aliphatic heterocycles. The molecule has 2 aromatic carbocycles. The Hall–Kier alpha value is -1.85. The molecular formula is C17H19NO3S. The van der Waals surface area contributed by atoms with Gasteiger partial charge >= 0.3 is 0 Å². The number of benzene rings is 2. The van der Waals surface area contributed by atoms with Crippen molar-refractivity contribution in [1.29, 1.82) is 0 Å². The maximum absolute atomic E-state index is 12.6. The van der Waals surface area contributed by atoms with Crippen LogP contribution in [-0.2, 0) is 16.4 Å². The largest absolute Gasteiger partial charge is 0.492 e. The summed E-state index contributed by atoms with van der Waals surface area (Å²) in [4.78, 5) is 0.331. The first-order chi connectivity index (χ1) is 10.5. The fourth-order valence-corrected chi connectivity index (χ4v) is 4.23. The second-order valence-electron chi connectivity index (χ2n) is 5.71. The van der Waals surface area contributed by atoms with Crippen LogP contribution in [0.3, 0.4) is 0 Å². The van der Waals surface area contributed by atoms with Crippen LogP contribution in [0.4, 0.5) is 0 Å². The minimum Gasteiger partial charge on any atom is -0.492 e. The number of nitrogens with one attached hydrogen (secondary N) is 1. The van der Waals surface area contributed by atoms with E-state index in [0.29, 0.717) is 17.9 Å². The van der Waals surface area contributed by atoms with Gasteiger partial charge in [0.1, 0.15) is 12.4 Å². The Bertz CT molecular complexity index is 799. The van der Waals surface area contributed by atoms with Gasteiger partial charge in [-0.25, -0.2) is 13.1 Å². The minimum atomic E-state index is -3.54. The molecule has 5 heteroatoms. The molecule has 116 valence electrons. The summed E-state index contributed by atoms with van der Waals surface area (Å²) in [5, 5.41) is 0. The Labute approximate surface area is 131 Å². The van der Waals surface area contributed by atoms with Gasteiger partial charge in [0.05, 0.1) is 10.9 Å². The third kappa shape index (κ3) is 3.00. The molecule has 0 aromatic heterocycles. The van der Waals surface area contributed by atoms with Crippen molar-refractivity contribution in [2.45, 2.75) is 31.2 Å². The Morgan fingerprint density at radius 3 is 2.68 bits per heavy atom.